The van der Waals surface area contributed by atoms with Crippen LogP contribution in [0.3, 0.4) is 0 Å². The van der Waals surface area contributed by atoms with Gasteiger partial charge in [0, 0.05) is 25.2 Å². The summed E-state index contributed by atoms with van der Waals surface area (Å²) in [6, 6.07) is 12.5. The number of hydrogen-bond acceptors (Lipinski definition) is 7. The van der Waals surface area contributed by atoms with Crippen LogP contribution in [-0.2, 0) is 6.54 Å². The predicted octanol–water partition coefficient (Wildman–Crippen LogP) is 3.60. The Labute approximate surface area is 150 Å². The van der Waals surface area contributed by atoms with Gasteiger partial charge in [-0.1, -0.05) is 17.3 Å². The van der Waals surface area contributed by atoms with E-state index in [1.165, 1.54) is 6.07 Å². The summed E-state index contributed by atoms with van der Waals surface area (Å²) in [6.07, 6.45) is 0. The molecule has 0 saturated heterocycles. The Morgan fingerprint density at radius 2 is 1.96 bits per heavy atom. The van der Waals surface area contributed by atoms with Crippen LogP contribution in [0.15, 0.2) is 47.0 Å². The van der Waals surface area contributed by atoms with Crippen molar-refractivity contribution in [2.24, 2.45) is 0 Å². The minimum atomic E-state index is -0.410. The van der Waals surface area contributed by atoms with Crippen molar-refractivity contribution in [2.45, 2.75) is 13.5 Å². The molecule has 1 aromatic heterocycles. The van der Waals surface area contributed by atoms with Crippen LogP contribution in [0.4, 0.5) is 11.4 Å². The third-order valence-corrected chi connectivity index (χ3v) is 3.94. The first-order valence-corrected chi connectivity index (χ1v) is 7.91. The van der Waals surface area contributed by atoms with Gasteiger partial charge in [0.1, 0.15) is 11.4 Å². The van der Waals surface area contributed by atoms with Gasteiger partial charge in [0.15, 0.2) is 5.82 Å². The van der Waals surface area contributed by atoms with Gasteiger partial charge in [-0.2, -0.15) is 4.98 Å². The van der Waals surface area contributed by atoms with Crippen molar-refractivity contribution in [3.05, 3.63) is 64.0 Å². The molecule has 0 spiro atoms. The van der Waals surface area contributed by atoms with Gasteiger partial charge in [0.25, 0.3) is 11.6 Å². The summed E-state index contributed by atoms with van der Waals surface area (Å²) in [5.74, 6) is 1.50. The molecule has 8 heteroatoms. The molecule has 0 atom stereocenters. The molecular formula is C18H18N4O4. The van der Waals surface area contributed by atoms with E-state index in [1.807, 2.05) is 36.2 Å². The smallest absolute Gasteiger partial charge is 0.293 e. The highest BCUT2D eigenvalue weighted by Crippen LogP contribution is 2.33. The Morgan fingerprint density at radius 3 is 2.54 bits per heavy atom. The number of rotatable bonds is 6. The summed E-state index contributed by atoms with van der Waals surface area (Å²) in [7, 11) is 3.42. The van der Waals surface area contributed by atoms with E-state index in [4.69, 9.17) is 9.26 Å². The van der Waals surface area contributed by atoms with Crippen molar-refractivity contribution < 1.29 is 14.2 Å². The molecule has 0 aliphatic heterocycles. The van der Waals surface area contributed by atoms with E-state index in [1.54, 1.807) is 26.2 Å². The standard InChI is InChI=1S/C18H18N4O4/c1-12-19-18(26-20-12)14-6-9-16(17(10-14)22(23)24)21(2)11-13-4-7-15(25-3)8-5-13/h4-10H,11H2,1-3H3. The molecule has 0 N–H and O–H groups in total. The minimum Gasteiger partial charge on any atom is -0.497 e. The van der Waals surface area contributed by atoms with Crippen molar-refractivity contribution in [1.29, 1.82) is 0 Å². The van der Waals surface area contributed by atoms with Crippen molar-refractivity contribution >= 4 is 11.4 Å². The molecular weight excluding hydrogens is 336 g/mol. The lowest BCUT2D eigenvalue weighted by molar-refractivity contribution is -0.384. The second kappa shape index (κ2) is 7.22. The van der Waals surface area contributed by atoms with Crippen LogP contribution in [0.1, 0.15) is 11.4 Å². The third-order valence-electron chi connectivity index (χ3n) is 3.94. The number of nitrogens with zero attached hydrogens (tertiary/aromatic N) is 4. The third kappa shape index (κ3) is 3.64. The van der Waals surface area contributed by atoms with Crippen molar-refractivity contribution in [3.63, 3.8) is 0 Å². The number of hydrogen-bond donors (Lipinski definition) is 0. The molecule has 3 aromatic rings. The van der Waals surface area contributed by atoms with E-state index in [-0.39, 0.29) is 11.6 Å². The van der Waals surface area contributed by atoms with Crippen molar-refractivity contribution in [3.8, 4) is 17.2 Å². The summed E-state index contributed by atoms with van der Waals surface area (Å²) >= 11 is 0. The molecule has 0 amide bonds. The number of benzene rings is 2. The molecule has 0 unspecified atom stereocenters. The van der Waals surface area contributed by atoms with Crippen LogP contribution in [-0.4, -0.2) is 29.2 Å². The highest BCUT2D eigenvalue weighted by molar-refractivity contribution is 5.70. The number of aryl methyl sites for hydroxylation is 1. The predicted molar refractivity (Wildman–Crippen MR) is 96.2 cm³/mol. The SMILES string of the molecule is COc1ccc(CN(C)c2ccc(-c3nc(C)no3)cc2[N+](=O)[O-])cc1. The zero-order valence-corrected chi connectivity index (χ0v) is 14.7. The average molecular weight is 354 g/mol. The van der Waals surface area contributed by atoms with Gasteiger partial charge in [-0.3, -0.25) is 10.1 Å². The largest absolute Gasteiger partial charge is 0.497 e. The number of nitro groups is 1. The van der Waals surface area contributed by atoms with Gasteiger partial charge in [-0.05, 0) is 36.8 Å². The number of methoxy groups -OCH3 is 1. The normalized spacial score (nSPS) is 10.6. The van der Waals surface area contributed by atoms with Gasteiger partial charge < -0.3 is 14.2 Å². The molecule has 0 saturated carbocycles. The highest BCUT2D eigenvalue weighted by Gasteiger charge is 2.20. The second-order valence-corrected chi connectivity index (χ2v) is 5.81. The van der Waals surface area contributed by atoms with E-state index in [9.17, 15) is 10.1 Å². The molecule has 3 rings (SSSR count). The average Bonchev–Trinajstić information content (AvgIpc) is 3.08. The minimum absolute atomic E-state index is 0.0191. The maximum Gasteiger partial charge on any atom is 0.293 e. The summed E-state index contributed by atoms with van der Waals surface area (Å²) in [6.45, 7) is 2.21. The summed E-state index contributed by atoms with van der Waals surface area (Å²) < 4.78 is 10.2. The molecule has 8 nitrogen and oxygen atoms in total. The maximum atomic E-state index is 11.5. The lowest BCUT2D eigenvalue weighted by Crippen LogP contribution is -2.17. The quantitative estimate of drug-likeness (QED) is 0.493. The van der Waals surface area contributed by atoms with Crippen LogP contribution < -0.4 is 9.64 Å². The summed E-state index contributed by atoms with van der Waals surface area (Å²) in [4.78, 5) is 17.1. The fourth-order valence-corrected chi connectivity index (χ4v) is 2.63. The fourth-order valence-electron chi connectivity index (χ4n) is 2.63. The highest BCUT2D eigenvalue weighted by atomic mass is 16.6. The summed E-state index contributed by atoms with van der Waals surface area (Å²) in [5, 5.41) is 15.3. The van der Waals surface area contributed by atoms with Crippen LogP contribution in [0.25, 0.3) is 11.5 Å². The van der Waals surface area contributed by atoms with Crippen molar-refractivity contribution in [1.82, 2.24) is 10.1 Å². The molecule has 26 heavy (non-hydrogen) atoms. The topological polar surface area (TPSA) is 94.5 Å². The molecule has 0 fully saturated rings. The molecule has 0 radical (unpaired) electrons. The molecule has 2 aromatic carbocycles. The lowest BCUT2D eigenvalue weighted by Gasteiger charge is -2.19. The number of aromatic nitrogens is 2. The van der Waals surface area contributed by atoms with E-state index in [2.05, 4.69) is 10.1 Å². The van der Waals surface area contributed by atoms with Gasteiger partial charge in [-0.25, -0.2) is 0 Å². The Balaban J connectivity index is 1.88. The van der Waals surface area contributed by atoms with E-state index in [0.29, 0.717) is 23.6 Å². The van der Waals surface area contributed by atoms with Crippen LogP contribution >= 0.6 is 0 Å². The molecule has 1 heterocycles. The first-order chi connectivity index (χ1) is 12.5. The Bertz CT molecular complexity index is 921. The zero-order chi connectivity index (χ0) is 18.7. The first kappa shape index (κ1) is 17.4. The fraction of sp³-hybridized carbons (Fsp3) is 0.222. The zero-order valence-electron chi connectivity index (χ0n) is 14.7. The second-order valence-electron chi connectivity index (χ2n) is 5.81. The van der Waals surface area contributed by atoms with E-state index < -0.39 is 4.92 Å². The van der Waals surface area contributed by atoms with Gasteiger partial charge in [0.2, 0.25) is 0 Å². The molecule has 0 aliphatic rings. The van der Waals surface area contributed by atoms with E-state index in [0.717, 1.165) is 11.3 Å². The number of nitro benzene ring substituents is 1. The Kier molecular flexibility index (Phi) is 4.83. The van der Waals surface area contributed by atoms with E-state index >= 15 is 0 Å². The number of ether oxygens (including phenoxy) is 1. The first-order valence-electron chi connectivity index (χ1n) is 7.91. The lowest BCUT2D eigenvalue weighted by atomic mass is 10.1. The van der Waals surface area contributed by atoms with Gasteiger partial charge in [-0.15, -0.1) is 0 Å². The Morgan fingerprint density at radius 1 is 1.23 bits per heavy atom. The molecule has 0 bridgehead atoms. The maximum absolute atomic E-state index is 11.5. The monoisotopic (exact) mass is 354 g/mol. The Hall–Kier alpha value is -3.42. The summed E-state index contributed by atoms with van der Waals surface area (Å²) in [5.41, 5.74) is 2.01. The molecule has 134 valence electrons. The van der Waals surface area contributed by atoms with Gasteiger partial charge in [0.05, 0.1) is 12.0 Å². The number of anilines is 1. The van der Waals surface area contributed by atoms with Crippen LogP contribution in [0.5, 0.6) is 5.75 Å². The van der Waals surface area contributed by atoms with Crippen LogP contribution in [0, 0.1) is 17.0 Å². The van der Waals surface area contributed by atoms with Crippen molar-refractivity contribution in [2.75, 3.05) is 19.1 Å². The molecule has 0 aliphatic carbocycles. The van der Waals surface area contributed by atoms with Gasteiger partial charge >= 0.3 is 0 Å². The van der Waals surface area contributed by atoms with Crippen LogP contribution in [0.2, 0.25) is 0 Å².